The van der Waals surface area contributed by atoms with E-state index in [0.717, 1.165) is 0 Å². The molecule has 204 valence electrons. The second-order valence-corrected chi connectivity index (χ2v) is 9.48. The predicted molar refractivity (Wildman–Crippen MR) is 137 cm³/mol. The van der Waals surface area contributed by atoms with Crippen molar-refractivity contribution in [2.75, 3.05) is 25.1 Å². The van der Waals surface area contributed by atoms with E-state index in [1.54, 1.807) is 35.7 Å². The zero-order valence-electron chi connectivity index (χ0n) is 21.4. The monoisotopic (exact) mass is 540 g/mol. The van der Waals surface area contributed by atoms with Gasteiger partial charge in [-0.1, -0.05) is 18.2 Å². The molecule has 1 aromatic carbocycles. The molecule has 4 heterocycles. The van der Waals surface area contributed by atoms with Crippen LogP contribution in [0.25, 0.3) is 16.8 Å². The summed E-state index contributed by atoms with van der Waals surface area (Å²) >= 11 is 0. The second-order valence-electron chi connectivity index (χ2n) is 9.48. The van der Waals surface area contributed by atoms with Crippen molar-refractivity contribution in [2.45, 2.75) is 38.3 Å². The third-order valence-electron chi connectivity index (χ3n) is 7.04. The van der Waals surface area contributed by atoms with E-state index in [2.05, 4.69) is 19.7 Å². The molecule has 0 saturated carbocycles. The summed E-state index contributed by atoms with van der Waals surface area (Å²) in [6.45, 7) is -0.225. The maximum absolute atomic E-state index is 15.2. The number of rotatable bonds is 7. The summed E-state index contributed by atoms with van der Waals surface area (Å²) in [6, 6.07) is 7.86. The number of imidazole rings is 1. The lowest BCUT2D eigenvalue weighted by Gasteiger charge is -2.36. The van der Waals surface area contributed by atoms with Gasteiger partial charge in [-0.2, -0.15) is 8.78 Å². The zero-order chi connectivity index (χ0) is 27.7. The third kappa shape index (κ3) is 5.24. The van der Waals surface area contributed by atoms with Crippen LogP contribution in [0.3, 0.4) is 0 Å². The van der Waals surface area contributed by atoms with Crippen molar-refractivity contribution in [1.29, 1.82) is 0 Å². The first kappa shape index (κ1) is 26.4. The van der Waals surface area contributed by atoms with Crippen molar-refractivity contribution in [3.8, 4) is 16.9 Å². The lowest BCUT2D eigenvalue weighted by molar-refractivity contribution is -0.147. The quantitative estimate of drug-likeness (QED) is 0.352. The van der Waals surface area contributed by atoms with Crippen molar-refractivity contribution in [2.24, 2.45) is 5.73 Å². The molecule has 1 saturated heterocycles. The van der Waals surface area contributed by atoms with Gasteiger partial charge in [0.05, 0.1) is 12.8 Å². The highest BCUT2D eigenvalue weighted by atomic mass is 19.3. The Balaban J connectivity index is 1.41. The summed E-state index contributed by atoms with van der Waals surface area (Å²) in [5.41, 5.74) is 8.14. The van der Waals surface area contributed by atoms with E-state index in [4.69, 9.17) is 10.5 Å². The number of hydrogen-bond donors (Lipinski definition) is 1. The molecule has 0 unspecified atom stereocenters. The van der Waals surface area contributed by atoms with E-state index in [1.807, 2.05) is 4.90 Å². The number of aromatic nitrogens is 4. The standard InChI is InChI=1S/C27H27F3N6O3/c1-16-21(11-17-5-3-4-6-22(17)39-25(29)30)36-15-19(20(28)12-23(36)34-16)18-13-32-26(33-14-18)35-9-7-27(31,8-10-35)24(37)38-2/h3-6,12-15,25H,7-11,31H2,1-2H3. The fraction of sp³-hybridized carbons (Fsp3) is 0.333. The molecule has 0 spiro atoms. The van der Waals surface area contributed by atoms with E-state index in [9.17, 15) is 13.6 Å². The molecular weight excluding hydrogens is 513 g/mol. The first-order valence-electron chi connectivity index (χ1n) is 12.3. The third-order valence-corrected chi connectivity index (χ3v) is 7.04. The average molecular weight is 541 g/mol. The van der Waals surface area contributed by atoms with Crippen LogP contribution < -0.4 is 15.4 Å². The Morgan fingerprint density at radius 1 is 1.18 bits per heavy atom. The van der Waals surface area contributed by atoms with Crippen LogP contribution in [0.4, 0.5) is 19.1 Å². The molecule has 5 rings (SSSR count). The number of alkyl halides is 2. The summed E-state index contributed by atoms with van der Waals surface area (Å²) in [5, 5.41) is 0. The summed E-state index contributed by atoms with van der Waals surface area (Å²) in [7, 11) is 1.32. The number of carbonyl (C=O) groups excluding carboxylic acids is 1. The van der Waals surface area contributed by atoms with Crippen LogP contribution in [0, 0.1) is 12.7 Å². The summed E-state index contributed by atoms with van der Waals surface area (Å²) in [5.74, 6) is -0.421. The molecule has 39 heavy (non-hydrogen) atoms. The summed E-state index contributed by atoms with van der Waals surface area (Å²) in [4.78, 5) is 27.2. The van der Waals surface area contributed by atoms with Crippen LogP contribution in [0.15, 0.2) is 48.9 Å². The molecule has 0 amide bonds. The lowest BCUT2D eigenvalue weighted by Crippen LogP contribution is -2.56. The zero-order valence-corrected chi connectivity index (χ0v) is 21.4. The Morgan fingerprint density at radius 3 is 2.54 bits per heavy atom. The molecule has 2 N–H and O–H groups in total. The van der Waals surface area contributed by atoms with Gasteiger partial charge in [0.1, 0.15) is 22.8 Å². The maximum atomic E-state index is 15.2. The molecule has 1 fully saturated rings. The van der Waals surface area contributed by atoms with Gasteiger partial charge in [-0.15, -0.1) is 0 Å². The van der Waals surface area contributed by atoms with Crippen LogP contribution in [0.2, 0.25) is 0 Å². The molecule has 0 atom stereocenters. The SMILES string of the molecule is COC(=O)C1(N)CCN(c2ncc(-c3cn4c(Cc5ccccc5OC(F)F)c(C)nc4cc3F)cn2)CC1. The molecule has 0 bridgehead atoms. The normalized spacial score (nSPS) is 15.1. The Hall–Kier alpha value is -4.19. The minimum Gasteiger partial charge on any atom is -0.468 e. The van der Waals surface area contributed by atoms with E-state index >= 15 is 4.39 Å². The number of para-hydroxylation sites is 1. The van der Waals surface area contributed by atoms with Gasteiger partial charge in [0.15, 0.2) is 0 Å². The first-order chi connectivity index (χ1) is 18.7. The smallest absolute Gasteiger partial charge is 0.387 e. The number of piperidine rings is 1. The number of aryl methyl sites for hydroxylation is 1. The Kier molecular flexibility index (Phi) is 7.13. The van der Waals surface area contributed by atoms with Gasteiger partial charge in [-0.05, 0) is 25.8 Å². The van der Waals surface area contributed by atoms with Gasteiger partial charge in [-0.3, -0.25) is 4.79 Å². The lowest BCUT2D eigenvalue weighted by atomic mass is 9.89. The first-order valence-corrected chi connectivity index (χ1v) is 12.3. The van der Waals surface area contributed by atoms with Crippen LogP contribution in [0.5, 0.6) is 5.75 Å². The van der Waals surface area contributed by atoms with E-state index in [-0.39, 0.29) is 17.7 Å². The number of carbonyl (C=O) groups is 1. The molecule has 12 heteroatoms. The van der Waals surface area contributed by atoms with Gasteiger partial charge in [0.2, 0.25) is 5.95 Å². The van der Waals surface area contributed by atoms with Gasteiger partial charge in [0, 0.05) is 66.6 Å². The fourth-order valence-electron chi connectivity index (χ4n) is 4.83. The van der Waals surface area contributed by atoms with Gasteiger partial charge in [-0.25, -0.2) is 19.3 Å². The van der Waals surface area contributed by atoms with Gasteiger partial charge >= 0.3 is 12.6 Å². The number of hydrogen-bond acceptors (Lipinski definition) is 8. The highest BCUT2D eigenvalue weighted by molar-refractivity contribution is 5.80. The van der Waals surface area contributed by atoms with Crippen molar-refractivity contribution >= 4 is 17.6 Å². The summed E-state index contributed by atoms with van der Waals surface area (Å²) in [6.07, 6.45) is 5.71. The van der Waals surface area contributed by atoms with Crippen molar-refractivity contribution < 1.29 is 27.4 Å². The Labute approximate surface area is 222 Å². The maximum Gasteiger partial charge on any atom is 0.387 e. The average Bonchev–Trinajstić information content (AvgIpc) is 3.22. The summed E-state index contributed by atoms with van der Waals surface area (Å²) < 4.78 is 52.2. The topological polar surface area (TPSA) is 108 Å². The van der Waals surface area contributed by atoms with Crippen molar-refractivity contribution in [3.63, 3.8) is 0 Å². The number of methoxy groups -OCH3 is 1. The van der Waals surface area contributed by atoms with Gasteiger partial charge in [0.25, 0.3) is 0 Å². The molecule has 1 aliphatic rings. The van der Waals surface area contributed by atoms with Crippen molar-refractivity contribution in [3.05, 3.63) is 71.7 Å². The fourth-order valence-corrected chi connectivity index (χ4v) is 4.83. The molecule has 4 aromatic rings. The number of nitrogens with zero attached hydrogens (tertiary/aromatic N) is 5. The molecule has 3 aromatic heterocycles. The van der Waals surface area contributed by atoms with E-state index < -0.39 is 23.9 Å². The molecule has 0 radical (unpaired) electrons. The van der Waals surface area contributed by atoms with Crippen LogP contribution in [-0.2, 0) is 16.0 Å². The minimum atomic E-state index is -2.95. The highest BCUT2D eigenvalue weighted by Gasteiger charge is 2.39. The van der Waals surface area contributed by atoms with Crippen molar-refractivity contribution in [1.82, 2.24) is 19.4 Å². The number of ether oxygens (including phenoxy) is 2. The van der Waals surface area contributed by atoms with Crippen LogP contribution >= 0.6 is 0 Å². The number of esters is 1. The minimum absolute atomic E-state index is 0.0735. The Morgan fingerprint density at radius 2 is 1.87 bits per heavy atom. The number of nitrogens with two attached hydrogens (primary N) is 1. The largest absolute Gasteiger partial charge is 0.468 e. The second kappa shape index (κ2) is 10.5. The Bertz CT molecular complexity index is 1500. The highest BCUT2D eigenvalue weighted by Crippen LogP contribution is 2.29. The van der Waals surface area contributed by atoms with Crippen LogP contribution in [-0.4, -0.2) is 57.7 Å². The van der Waals surface area contributed by atoms with E-state index in [0.29, 0.717) is 60.0 Å². The number of anilines is 1. The van der Waals surface area contributed by atoms with E-state index in [1.165, 1.54) is 31.6 Å². The number of pyridine rings is 1. The molecule has 9 nitrogen and oxygen atoms in total. The van der Waals surface area contributed by atoms with Crippen LogP contribution in [0.1, 0.15) is 29.8 Å². The molecular formula is C27H27F3N6O3. The number of halogens is 3. The molecule has 1 aliphatic heterocycles. The predicted octanol–water partition coefficient (Wildman–Crippen LogP) is 3.90. The van der Waals surface area contributed by atoms with Gasteiger partial charge < -0.3 is 24.5 Å². The molecule has 0 aliphatic carbocycles. The number of benzene rings is 1. The number of fused-ring (bicyclic) bond motifs is 1.